The number of Topliss-reactive ketones (excluding diaryl/α,β-unsaturated/α-hetero) is 1. The zero-order chi connectivity index (χ0) is 13.9. The first-order chi connectivity index (χ1) is 8.34. The lowest BCUT2D eigenvalue weighted by molar-refractivity contribution is -0.124. The molecule has 0 aliphatic rings. The van der Waals surface area contributed by atoms with Crippen molar-refractivity contribution in [1.82, 2.24) is 0 Å². The van der Waals surface area contributed by atoms with Crippen LogP contribution in [0.5, 0.6) is 0 Å². The molecule has 0 aromatic heterocycles. The van der Waals surface area contributed by atoms with Gasteiger partial charge in [-0.25, -0.2) is 0 Å². The van der Waals surface area contributed by atoms with Crippen molar-refractivity contribution in [2.24, 2.45) is 17.8 Å². The van der Waals surface area contributed by atoms with Crippen LogP contribution < -0.4 is 0 Å². The Morgan fingerprint density at radius 3 is 1.89 bits per heavy atom. The Labute approximate surface area is 119 Å². The molecule has 0 saturated heterocycles. The average Bonchev–Trinajstić information content (AvgIpc) is 2.22. The van der Waals surface area contributed by atoms with Crippen LogP contribution in [0.25, 0.3) is 0 Å². The molecule has 0 aliphatic carbocycles. The highest BCUT2D eigenvalue weighted by Crippen LogP contribution is 2.28. The summed E-state index contributed by atoms with van der Waals surface area (Å²) in [6.45, 7) is 8.32. The minimum Gasteiger partial charge on any atom is -0.299 e. The molecule has 1 nitrogen and oxygen atoms in total. The molecule has 3 heteroatoms. The summed E-state index contributed by atoms with van der Waals surface area (Å²) in [5.74, 6) is 0.935. The number of rotatable bonds is 5. The molecule has 0 saturated carbocycles. The number of halogens is 2. The second kappa shape index (κ2) is 6.58. The Bertz CT molecular complexity index is 396. The maximum atomic E-state index is 12.4. The SMILES string of the molecule is CC(C)C(C(=O)Cc1c(Cl)cccc1Cl)C(C)C. The van der Waals surface area contributed by atoms with E-state index in [2.05, 4.69) is 27.7 Å². The van der Waals surface area contributed by atoms with Crippen molar-refractivity contribution < 1.29 is 4.79 Å². The predicted octanol–water partition coefficient (Wildman–Crippen LogP) is 5.03. The van der Waals surface area contributed by atoms with Crippen molar-refractivity contribution in [2.45, 2.75) is 34.1 Å². The highest BCUT2D eigenvalue weighted by molar-refractivity contribution is 6.36. The van der Waals surface area contributed by atoms with Crippen LogP contribution in [0.1, 0.15) is 33.3 Å². The van der Waals surface area contributed by atoms with E-state index in [9.17, 15) is 4.79 Å². The number of carbonyl (C=O) groups is 1. The van der Waals surface area contributed by atoms with Crippen molar-refractivity contribution in [1.29, 1.82) is 0 Å². The monoisotopic (exact) mass is 286 g/mol. The smallest absolute Gasteiger partial charge is 0.140 e. The Kier molecular flexibility index (Phi) is 5.68. The summed E-state index contributed by atoms with van der Waals surface area (Å²) >= 11 is 12.2. The van der Waals surface area contributed by atoms with Crippen molar-refractivity contribution >= 4 is 29.0 Å². The normalized spacial score (nSPS) is 11.6. The maximum Gasteiger partial charge on any atom is 0.140 e. The van der Waals surface area contributed by atoms with E-state index in [0.717, 1.165) is 5.56 Å². The first-order valence-corrected chi connectivity index (χ1v) is 7.05. The number of hydrogen-bond acceptors (Lipinski definition) is 1. The van der Waals surface area contributed by atoms with E-state index in [1.165, 1.54) is 0 Å². The highest BCUT2D eigenvalue weighted by Gasteiger charge is 2.26. The fourth-order valence-corrected chi connectivity index (χ4v) is 3.04. The first kappa shape index (κ1) is 15.5. The summed E-state index contributed by atoms with van der Waals surface area (Å²) < 4.78 is 0. The third-order valence-electron chi connectivity index (χ3n) is 3.22. The summed E-state index contributed by atoms with van der Waals surface area (Å²) in [4.78, 5) is 12.4. The van der Waals surface area contributed by atoms with Gasteiger partial charge in [0.2, 0.25) is 0 Å². The zero-order valence-corrected chi connectivity index (χ0v) is 12.8. The lowest BCUT2D eigenvalue weighted by atomic mass is 9.80. The van der Waals surface area contributed by atoms with Crippen LogP contribution in [-0.2, 0) is 11.2 Å². The highest BCUT2D eigenvalue weighted by atomic mass is 35.5. The van der Waals surface area contributed by atoms with E-state index in [1.54, 1.807) is 18.2 Å². The molecule has 0 radical (unpaired) electrons. The van der Waals surface area contributed by atoms with Gasteiger partial charge < -0.3 is 0 Å². The van der Waals surface area contributed by atoms with Crippen molar-refractivity contribution in [3.05, 3.63) is 33.8 Å². The zero-order valence-electron chi connectivity index (χ0n) is 11.3. The molecule has 1 aromatic rings. The molecule has 0 unspecified atom stereocenters. The van der Waals surface area contributed by atoms with E-state index in [1.807, 2.05) is 0 Å². The Balaban J connectivity index is 2.93. The summed E-state index contributed by atoms with van der Waals surface area (Å²) in [5.41, 5.74) is 0.747. The summed E-state index contributed by atoms with van der Waals surface area (Å²) in [7, 11) is 0. The van der Waals surface area contributed by atoms with Crippen LogP contribution in [0.15, 0.2) is 18.2 Å². The molecule has 0 amide bonds. The number of carbonyl (C=O) groups excluding carboxylic acids is 1. The van der Waals surface area contributed by atoms with Crippen molar-refractivity contribution in [2.75, 3.05) is 0 Å². The molecule has 0 spiro atoms. The van der Waals surface area contributed by atoms with E-state index < -0.39 is 0 Å². The second-order valence-corrected chi connectivity index (χ2v) is 6.17. The van der Waals surface area contributed by atoms with Crippen LogP contribution in [0, 0.1) is 17.8 Å². The van der Waals surface area contributed by atoms with Crippen LogP contribution in [0.3, 0.4) is 0 Å². The molecular weight excluding hydrogens is 267 g/mol. The molecule has 18 heavy (non-hydrogen) atoms. The molecule has 0 atom stereocenters. The molecular formula is C15H20Cl2O. The van der Waals surface area contributed by atoms with Crippen molar-refractivity contribution in [3.8, 4) is 0 Å². The fourth-order valence-electron chi connectivity index (χ4n) is 2.51. The molecule has 0 fully saturated rings. The minimum absolute atomic E-state index is 0.0531. The van der Waals surface area contributed by atoms with E-state index in [4.69, 9.17) is 23.2 Å². The standard InChI is InChI=1S/C15H20Cl2O/c1-9(2)15(10(3)4)14(18)8-11-12(16)6-5-7-13(11)17/h5-7,9-10,15H,8H2,1-4H3. The van der Waals surface area contributed by atoms with Crippen LogP contribution in [0.4, 0.5) is 0 Å². The van der Waals surface area contributed by atoms with Gasteiger partial charge in [-0.2, -0.15) is 0 Å². The van der Waals surface area contributed by atoms with Gasteiger partial charge in [-0.3, -0.25) is 4.79 Å². The van der Waals surface area contributed by atoms with Gasteiger partial charge in [-0.05, 0) is 29.5 Å². The van der Waals surface area contributed by atoms with E-state index in [0.29, 0.717) is 28.3 Å². The van der Waals surface area contributed by atoms with Gasteiger partial charge in [0.1, 0.15) is 5.78 Å². The molecule has 0 N–H and O–H groups in total. The maximum absolute atomic E-state index is 12.4. The van der Waals surface area contributed by atoms with E-state index in [-0.39, 0.29) is 11.7 Å². The van der Waals surface area contributed by atoms with Crippen molar-refractivity contribution in [3.63, 3.8) is 0 Å². The van der Waals surface area contributed by atoms with Gasteiger partial charge in [0.15, 0.2) is 0 Å². The Morgan fingerprint density at radius 2 is 1.50 bits per heavy atom. The van der Waals surface area contributed by atoms with Crippen LogP contribution in [0.2, 0.25) is 10.0 Å². The summed E-state index contributed by atoms with van der Waals surface area (Å²) in [6, 6.07) is 5.34. The third-order valence-corrected chi connectivity index (χ3v) is 3.93. The molecule has 0 aliphatic heterocycles. The molecule has 1 aromatic carbocycles. The number of benzene rings is 1. The largest absolute Gasteiger partial charge is 0.299 e. The fraction of sp³-hybridized carbons (Fsp3) is 0.533. The molecule has 100 valence electrons. The topological polar surface area (TPSA) is 17.1 Å². The van der Waals surface area contributed by atoms with Crippen LogP contribution >= 0.6 is 23.2 Å². The second-order valence-electron chi connectivity index (χ2n) is 5.36. The van der Waals surface area contributed by atoms with Gasteiger partial charge in [-0.1, -0.05) is 57.0 Å². The first-order valence-electron chi connectivity index (χ1n) is 6.30. The van der Waals surface area contributed by atoms with Gasteiger partial charge in [0.05, 0.1) is 0 Å². The minimum atomic E-state index is 0.0531. The van der Waals surface area contributed by atoms with Gasteiger partial charge >= 0.3 is 0 Å². The van der Waals surface area contributed by atoms with Gasteiger partial charge in [-0.15, -0.1) is 0 Å². The predicted molar refractivity (Wildman–Crippen MR) is 78.3 cm³/mol. The number of ketones is 1. The number of hydrogen-bond donors (Lipinski definition) is 0. The van der Waals surface area contributed by atoms with E-state index >= 15 is 0 Å². The lowest BCUT2D eigenvalue weighted by Crippen LogP contribution is -2.27. The van der Waals surface area contributed by atoms with Gasteiger partial charge in [0, 0.05) is 22.4 Å². The van der Waals surface area contributed by atoms with Gasteiger partial charge in [0.25, 0.3) is 0 Å². The summed E-state index contributed by atoms with van der Waals surface area (Å²) in [5, 5.41) is 1.14. The quantitative estimate of drug-likeness (QED) is 0.742. The molecule has 0 heterocycles. The third kappa shape index (κ3) is 3.73. The summed E-state index contributed by atoms with van der Waals surface area (Å²) in [6.07, 6.45) is 0.319. The molecule has 1 rings (SSSR count). The Hall–Kier alpha value is -0.530. The lowest BCUT2D eigenvalue weighted by Gasteiger charge is -2.23. The molecule has 0 bridgehead atoms. The Morgan fingerprint density at radius 1 is 1.06 bits per heavy atom. The van der Waals surface area contributed by atoms with Crippen LogP contribution in [-0.4, -0.2) is 5.78 Å². The average molecular weight is 287 g/mol.